The number of carbonyl (C=O) groups excluding carboxylic acids is 2. The number of rotatable bonds is 9. The van der Waals surface area contributed by atoms with Gasteiger partial charge in [0.15, 0.2) is 23.4 Å². The molecule has 0 aliphatic carbocycles. The van der Waals surface area contributed by atoms with Crippen molar-refractivity contribution in [1.29, 1.82) is 0 Å². The van der Waals surface area contributed by atoms with E-state index < -0.39 is 12.1 Å². The quantitative estimate of drug-likeness (QED) is 0.333. The lowest BCUT2D eigenvalue weighted by Crippen LogP contribution is -2.12. The van der Waals surface area contributed by atoms with Gasteiger partial charge in [-0.25, -0.2) is 14.6 Å². The lowest BCUT2D eigenvalue weighted by Gasteiger charge is -2.12. The van der Waals surface area contributed by atoms with Gasteiger partial charge in [-0.15, -0.1) is 0 Å². The van der Waals surface area contributed by atoms with Gasteiger partial charge >= 0.3 is 12.1 Å². The molecule has 0 N–H and O–H groups in total. The maximum atomic E-state index is 12.1. The Hall–Kier alpha value is -3.47. The van der Waals surface area contributed by atoms with Crippen molar-refractivity contribution >= 4 is 34.9 Å². The highest BCUT2D eigenvalue weighted by atomic mass is 32.2. The van der Waals surface area contributed by atoms with Gasteiger partial charge in [0.1, 0.15) is 0 Å². The van der Waals surface area contributed by atoms with Gasteiger partial charge in [0, 0.05) is 18.0 Å². The van der Waals surface area contributed by atoms with E-state index in [4.69, 9.17) is 23.7 Å². The molecule has 11 heteroatoms. The Morgan fingerprint density at radius 1 is 1.12 bits per heavy atom. The lowest BCUT2D eigenvalue weighted by molar-refractivity contribution is 0.0359. The van der Waals surface area contributed by atoms with Gasteiger partial charge in [-0.2, -0.15) is 0 Å². The van der Waals surface area contributed by atoms with Gasteiger partial charge in [-0.3, -0.25) is 9.55 Å². The van der Waals surface area contributed by atoms with E-state index in [-0.39, 0.29) is 13.3 Å². The van der Waals surface area contributed by atoms with E-state index in [0.717, 1.165) is 0 Å². The summed E-state index contributed by atoms with van der Waals surface area (Å²) in [5, 5.41) is 0.558. The van der Waals surface area contributed by atoms with Crippen molar-refractivity contribution in [2.24, 2.45) is 0 Å². The van der Waals surface area contributed by atoms with Crippen molar-refractivity contribution in [2.45, 2.75) is 31.5 Å². The zero-order valence-electron chi connectivity index (χ0n) is 19.0. The molecule has 0 aliphatic rings. The van der Waals surface area contributed by atoms with Crippen LogP contribution in [-0.4, -0.2) is 54.6 Å². The summed E-state index contributed by atoms with van der Waals surface area (Å²) >= 11 is 1.37. The molecule has 33 heavy (non-hydrogen) atoms. The fourth-order valence-corrected chi connectivity index (χ4v) is 4.12. The molecule has 0 aliphatic heterocycles. The molecule has 2 heterocycles. The second-order valence-corrected chi connectivity index (χ2v) is 7.65. The van der Waals surface area contributed by atoms with Gasteiger partial charge in [0.25, 0.3) is 0 Å². The molecule has 0 saturated heterocycles. The third-order valence-corrected chi connectivity index (χ3v) is 5.73. The molecule has 3 rings (SSSR count). The summed E-state index contributed by atoms with van der Waals surface area (Å²) in [6.07, 6.45) is 0.852. The van der Waals surface area contributed by atoms with Gasteiger partial charge in [0.2, 0.25) is 0 Å². The van der Waals surface area contributed by atoms with Crippen LogP contribution >= 0.6 is 11.8 Å². The second-order valence-electron chi connectivity index (χ2n) is 6.71. The van der Waals surface area contributed by atoms with Gasteiger partial charge in [-0.1, -0.05) is 11.8 Å². The normalized spacial score (nSPS) is 10.7. The highest BCUT2D eigenvalue weighted by molar-refractivity contribution is 7.98. The molecule has 1 aromatic carbocycles. The van der Waals surface area contributed by atoms with E-state index in [2.05, 4.69) is 9.97 Å². The summed E-state index contributed by atoms with van der Waals surface area (Å²) < 4.78 is 27.5. The highest BCUT2D eigenvalue weighted by Gasteiger charge is 2.19. The van der Waals surface area contributed by atoms with Crippen LogP contribution in [0.4, 0.5) is 4.79 Å². The Morgan fingerprint density at radius 3 is 2.58 bits per heavy atom. The minimum absolute atomic E-state index is 0.114. The Balaban J connectivity index is 1.99. The van der Waals surface area contributed by atoms with Gasteiger partial charge in [-0.05, 0) is 31.5 Å². The first-order valence-electron chi connectivity index (χ1n) is 10.0. The number of esters is 1. The number of thioether (sulfide) groups is 1. The summed E-state index contributed by atoms with van der Waals surface area (Å²) in [5.74, 6) is 1.06. The van der Waals surface area contributed by atoms with Crippen LogP contribution in [0.2, 0.25) is 0 Å². The maximum Gasteiger partial charge on any atom is 0.510 e. The number of hydrogen-bond donors (Lipinski definition) is 0. The third kappa shape index (κ3) is 5.30. The molecular formula is C22H25N3O7S. The number of aromatic nitrogens is 3. The molecule has 176 valence electrons. The minimum Gasteiger partial charge on any atom is -0.493 e. The number of aryl methyl sites for hydroxylation is 1. The average molecular weight is 476 g/mol. The number of nitrogens with zero attached hydrogens (tertiary/aromatic N) is 3. The summed E-state index contributed by atoms with van der Waals surface area (Å²) in [7, 11) is 4.43. The van der Waals surface area contributed by atoms with E-state index in [9.17, 15) is 9.59 Å². The molecule has 0 bridgehead atoms. The standard InChI is InChI=1S/C22H25N3O7S/c1-6-31-22(27)32-12-25-17-9-13(2)14(20(26)30-5)10-15(17)24-21(25)33-11-16-19(29-4)18(28-3)7-8-23-16/h7-10H,6,11-12H2,1-5H3. The minimum atomic E-state index is -0.783. The van der Waals surface area contributed by atoms with E-state index >= 15 is 0 Å². The smallest absolute Gasteiger partial charge is 0.493 e. The van der Waals surface area contributed by atoms with Crippen LogP contribution < -0.4 is 9.47 Å². The first-order chi connectivity index (χ1) is 15.9. The van der Waals surface area contributed by atoms with Crippen molar-refractivity contribution in [3.63, 3.8) is 0 Å². The topological polar surface area (TPSA) is 111 Å². The van der Waals surface area contributed by atoms with Crippen molar-refractivity contribution in [3.05, 3.63) is 41.2 Å². The first-order valence-corrected chi connectivity index (χ1v) is 11.0. The summed E-state index contributed by atoms with van der Waals surface area (Å²) in [4.78, 5) is 32.9. The first kappa shape index (κ1) is 24.2. The van der Waals surface area contributed by atoms with Gasteiger partial charge in [0.05, 0.1) is 50.2 Å². The number of imidazole rings is 1. The summed E-state index contributed by atoms with van der Waals surface area (Å²) in [5.41, 5.74) is 3.03. The molecule has 0 amide bonds. The summed E-state index contributed by atoms with van der Waals surface area (Å²) in [6.45, 7) is 3.58. The fraction of sp³-hybridized carbons (Fsp3) is 0.364. The largest absolute Gasteiger partial charge is 0.510 e. The highest BCUT2D eigenvalue weighted by Crippen LogP contribution is 2.34. The average Bonchev–Trinajstić information content (AvgIpc) is 3.16. The predicted octanol–water partition coefficient (Wildman–Crippen LogP) is 3.97. The van der Waals surface area contributed by atoms with E-state index in [1.807, 2.05) is 0 Å². The molecule has 0 radical (unpaired) electrons. The number of pyridine rings is 1. The van der Waals surface area contributed by atoms with Crippen LogP contribution in [0.15, 0.2) is 29.6 Å². The van der Waals surface area contributed by atoms with Crippen LogP contribution in [0.25, 0.3) is 11.0 Å². The number of hydrogen-bond acceptors (Lipinski definition) is 10. The monoisotopic (exact) mass is 475 g/mol. The third-order valence-electron chi connectivity index (χ3n) is 4.74. The molecule has 0 saturated carbocycles. The number of benzene rings is 1. The van der Waals surface area contributed by atoms with Crippen molar-refractivity contribution in [3.8, 4) is 11.5 Å². The number of carbonyl (C=O) groups is 2. The van der Waals surface area contributed by atoms with Crippen molar-refractivity contribution in [2.75, 3.05) is 27.9 Å². The number of fused-ring (bicyclic) bond motifs is 1. The Morgan fingerprint density at radius 2 is 1.91 bits per heavy atom. The van der Waals surface area contributed by atoms with E-state index in [1.165, 1.54) is 18.9 Å². The SMILES string of the molecule is CCOC(=O)OCn1c(SCc2nccc(OC)c2OC)nc2cc(C(=O)OC)c(C)cc21. The number of methoxy groups -OCH3 is 3. The molecule has 3 aromatic rings. The Labute approximate surface area is 195 Å². The Kier molecular flexibility index (Phi) is 7.99. The predicted molar refractivity (Wildman–Crippen MR) is 121 cm³/mol. The zero-order chi connectivity index (χ0) is 24.0. The van der Waals surface area contributed by atoms with E-state index in [0.29, 0.717) is 50.3 Å². The van der Waals surface area contributed by atoms with Crippen molar-refractivity contribution in [1.82, 2.24) is 14.5 Å². The molecule has 10 nitrogen and oxygen atoms in total. The summed E-state index contributed by atoms with van der Waals surface area (Å²) in [6, 6.07) is 5.18. The van der Waals surface area contributed by atoms with Crippen LogP contribution in [-0.2, 0) is 26.7 Å². The molecule has 2 aromatic heterocycles. The Bertz CT molecular complexity index is 1160. The number of ether oxygens (including phenoxy) is 5. The van der Waals surface area contributed by atoms with Gasteiger partial charge < -0.3 is 23.7 Å². The molecule has 0 atom stereocenters. The maximum absolute atomic E-state index is 12.1. The molecule has 0 fully saturated rings. The molecule has 0 unspecified atom stereocenters. The second kappa shape index (κ2) is 10.9. The van der Waals surface area contributed by atoms with Crippen LogP contribution in [0.5, 0.6) is 11.5 Å². The molecular weight excluding hydrogens is 450 g/mol. The van der Waals surface area contributed by atoms with Crippen LogP contribution in [0.3, 0.4) is 0 Å². The van der Waals surface area contributed by atoms with Crippen LogP contribution in [0, 0.1) is 6.92 Å². The van der Waals surface area contributed by atoms with Crippen LogP contribution in [0.1, 0.15) is 28.5 Å². The lowest BCUT2D eigenvalue weighted by atomic mass is 10.1. The van der Waals surface area contributed by atoms with Crippen molar-refractivity contribution < 1.29 is 33.3 Å². The van der Waals surface area contributed by atoms with E-state index in [1.54, 1.807) is 57.0 Å². The fourth-order valence-electron chi connectivity index (χ4n) is 3.18. The molecule has 0 spiro atoms. The zero-order valence-corrected chi connectivity index (χ0v) is 19.9.